The Kier molecular flexibility index (Phi) is 7.47. The van der Waals surface area contributed by atoms with E-state index < -0.39 is 0 Å². The smallest absolute Gasteiger partial charge is 0.245 e. The fraction of sp³-hybridized carbons (Fsp3) is 0.500. The van der Waals surface area contributed by atoms with Gasteiger partial charge in [0, 0.05) is 29.5 Å². The molecule has 0 aliphatic rings. The topological polar surface area (TPSA) is 67.2 Å². The summed E-state index contributed by atoms with van der Waals surface area (Å²) in [6, 6.07) is 9.14. The van der Waals surface area contributed by atoms with Crippen LogP contribution in [0.25, 0.3) is 5.69 Å². The van der Waals surface area contributed by atoms with Crippen molar-refractivity contribution in [2.45, 2.75) is 53.4 Å². The highest BCUT2D eigenvalue weighted by Crippen LogP contribution is 2.26. The summed E-state index contributed by atoms with van der Waals surface area (Å²) in [5.74, 6) is 0.569. The minimum atomic E-state index is -0.247. The van der Waals surface area contributed by atoms with Gasteiger partial charge in [0.15, 0.2) is 0 Å². The molecular weight excluding hydrogens is 388 g/mol. The van der Waals surface area contributed by atoms with Gasteiger partial charge in [0.05, 0.1) is 17.9 Å². The van der Waals surface area contributed by atoms with Crippen LogP contribution in [-0.2, 0) is 15.0 Å². The minimum absolute atomic E-state index is 0.0154. The summed E-state index contributed by atoms with van der Waals surface area (Å²) < 4.78 is 1.70. The van der Waals surface area contributed by atoms with Gasteiger partial charge in [0.1, 0.15) is 5.82 Å². The molecule has 0 radical (unpaired) electrons. The average molecular weight is 419 g/mol. The van der Waals surface area contributed by atoms with Crippen molar-refractivity contribution in [2.24, 2.45) is 5.92 Å². The molecule has 1 N–H and O–H groups in total. The summed E-state index contributed by atoms with van der Waals surface area (Å²) in [6.07, 6.45) is 0.372. The maximum absolute atomic E-state index is 12.8. The first kappa shape index (κ1) is 22.9. The molecule has 2 rings (SSSR count). The summed E-state index contributed by atoms with van der Waals surface area (Å²) in [5.41, 5.74) is 1.47. The molecule has 0 unspecified atom stereocenters. The van der Waals surface area contributed by atoms with Crippen LogP contribution in [0, 0.1) is 5.92 Å². The lowest BCUT2D eigenvalue weighted by molar-refractivity contribution is -0.134. The maximum Gasteiger partial charge on any atom is 0.245 e. The summed E-state index contributed by atoms with van der Waals surface area (Å²) >= 11 is 6.01. The first-order valence-electron chi connectivity index (χ1n) is 9.95. The van der Waals surface area contributed by atoms with E-state index in [2.05, 4.69) is 26.1 Å². The molecule has 0 aliphatic carbocycles. The Hall–Kier alpha value is -2.34. The van der Waals surface area contributed by atoms with Crippen molar-refractivity contribution in [3.8, 4) is 5.69 Å². The minimum Gasteiger partial charge on any atom is -0.333 e. The van der Waals surface area contributed by atoms with Crippen molar-refractivity contribution in [1.29, 1.82) is 0 Å². The number of hydrogen-bond acceptors (Lipinski definition) is 3. The average Bonchev–Trinajstić information content (AvgIpc) is 3.04. The lowest BCUT2D eigenvalue weighted by atomic mass is 9.92. The third kappa shape index (κ3) is 6.32. The molecule has 7 heteroatoms. The van der Waals surface area contributed by atoms with Crippen molar-refractivity contribution < 1.29 is 9.59 Å². The molecule has 0 fully saturated rings. The number of aromatic nitrogens is 2. The molecule has 0 saturated carbocycles. The Morgan fingerprint density at radius 1 is 1.21 bits per heavy atom. The van der Waals surface area contributed by atoms with Crippen molar-refractivity contribution in [1.82, 2.24) is 14.7 Å². The molecule has 0 atom stereocenters. The van der Waals surface area contributed by atoms with Gasteiger partial charge in [0.25, 0.3) is 0 Å². The third-order valence-electron chi connectivity index (χ3n) is 4.39. The predicted octanol–water partition coefficient (Wildman–Crippen LogP) is 4.66. The number of halogens is 1. The first-order valence-corrected chi connectivity index (χ1v) is 10.3. The Morgan fingerprint density at radius 2 is 1.83 bits per heavy atom. The maximum atomic E-state index is 12.8. The fourth-order valence-corrected chi connectivity index (χ4v) is 3.02. The van der Waals surface area contributed by atoms with Gasteiger partial charge in [-0.05, 0) is 30.2 Å². The summed E-state index contributed by atoms with van der Waals surface area (Å²) in [5, 5.41) is 8.25. The molecule has 1 aromatic carbocycles. The van der Waals surface area contributed by atoms with E-state index in [1.165, 1.54) is 0 Å². The van der Waals surface area contributed by atoms with Gasteiger partial charge in [-0.25, -0.2) is 4.68 Å². The zero-order chi connectivity index (χ0) is 21.8. The van der Waals surface area contributed by atoms with Gasteiger partial charge in [0.2, 0.25) is 11.8 Å². The second-order valence-electron chi connectivity index (χ2n) is 8.62. The van der Waals surface area contributed by atoms with Crippen molar-refractivity contribution in [2.75, 3.05) is 18.4 Å². The normalized spacial score (nSPS) is 11.6. The van der Waals surface area contributed by atoms with Crippen LogP contribution in [0.1, 0.15) is 53.7 Å². The molecule has 1 aromatic heterocycles. The summed E-state index contributed by atoms with van der Waals surface area (Å²) in [4.78, 5) is 26.6. The molecular formula is C22H31ClN4O2. The van der Waals surface area contributed by atoms with Crippen LogP contribution < -0.4 is 5.32 Å². The molecule has 1 heterocycles. The van der Waals surface area contributed by atoms with Crippen LogP contribution in [0.15, 0.2) is 30.3 Å². The van der Waals surface area contributed by atoms with Crippen LogP contribution in [0.3, 0.4) is 0 Å². The SMILES string of the molecule is CCC(=O)N(CC(=O)Nc1cc(C(C)(C)C)nn1-c1ccc(Cl)cc1)CC(C)C. The lowest BCUT2D eigenvalue weighted by Gasteiger charge is -2.23. The second-order valence-corrected chi connectivity index (χ2v) is 9.06. The van der Waals surface area contributed by atoms with E-state index in [1.54, 1.807) is 28.6 Å². The number of nitrogens with zero attached hydrogens (tertiary/aromatic N) is 3. The molecule has 29 heavy (non-hydrogen) atoms. The van der Waals surface area contributed by atoms with Crippen LogP contribution in [0.2, 0.25) is 5.02 Å². The van der Waals surface area contributed by atoms with Crippen molar-refractivity contribution in [3.05, 3.63) is 41.0 Å². The van der Waals surface area contributed by atoms with Gasteiger partial charge in [-0.1, -0.05) is 53.1 Å². The van der Waals surface area contributed by atoms with Gasteiger partial charge < -0.3 is 10.2 Å². The van der Waals surface area contributed by atoms with E-state index in [1.807, 2.05) is 32.0 Å². The van der Waals surface area contributed by atoms with Gasteiger partial charge in [-0.2, -0.15) is 5.10 Å². The Balaban J connectivity index is 2.30. The fourth-order valence-electron chi connectivity index (χ4n) is 2.89. The third-order valence-corrected chi connectivity index (χ3v) is 4.64. The van der Waals surface area contributed by atoms with E-state index in [0.29, 0.717) is 23.8 Å². The van der Waals surface area contributed by atoms with Crippen molar-refractivity contribution in [3.63, 3.8) is 0 Å². The molecule has 2 amide bonds. The van der Waals surface area contributed by atoms with Gasteiger partial charge in [-0.15, -0.1) is 0 Å². The van der Waals surface area contributed by atoms with Crippen LogP contribution in [0.5, 0.6) is 0 Å². The monoisotopic (exact) mass is 418 g/mol. The number of anilines is 1. The molecule has 0 spiro atoms. The Bertz CT molecular complexity index is 851. The quantitative estimate of drug-likeness (QED) is 0.711. The van der Waals surface area contributed by atoms with E-state index in [9.17, 15) is 9.59 Å². The van der Waals surface area contributed by atoms with E-state index in [-0.39, 0.29) is 29.7 Å². The Morgan fingerprint density at radius 3 is 2.34 bits per heavy atom. The van der Waals surface area contributed by atoms with Crippen molar-refractivity contribution >= 4 is 29.2 Å². The highest BCUT2D eigenvalue weighted by molar-refractivity contribution is 6.30. The molecule has 0 bridgehead atoms. The largest absolute Gasteiger partial charge is 0.333 e. The standard InChI is InChI=1S/C22H31ClN4O2/c1-7-21(29)26(13-15(2)3)14-20(28)24-19-12-18(22(4,5)6)25-27(19)17-10-8-16(23)9-11-17/h8-12,15H,7,13-14H2,1-6H3,(H,24,28). The highest BCUT2D eigenvalue weighted by atomic mass is 35.5. The second kappa shape index (κ2) is 9.44. The number of carbonyl (C=O) groups excluding carboxylic acids is 2. The van der Waals surface area contributed by atoms with Crippen LogP contribution in [0.4, 0.5) is 5.82 Å². The zero-order valence-corrected chi connectivity index (χ0v) is 18.9. The lowest BCUT2D eigenvalue weighted by Crippen LogP contribution is -2.40. The van der Waals surface area contributed by atoms with E-state index in [0.717, 1.165) is 11.4 Å². The molecule has 6 nitrogen and oxygen atoms in total. The number of carbonyl (C=O) groups is 2. The molecule has 0 saturated heterocycles. The van der Waals surface area contributed by atoms with Crippen LogP contribution >= 0.6 is 11.6 Å². The number of amides is 2. The predicted molar refractivity (Wildman–Crippen MR) is 118 cm³/mol. The number of hydrogen-bond donors (Lipinski definition) is 1. The number of benzene rings is 1. The molecule has 0 aliphatic heterocycles. The van der Waals surface area contributed by atoms with Crippen LogP contribution in [-0.4, -0.2) is 39.6 Å². The number of rotatable bonds is 7. The van der Waals surface area contributed by atoms with E-state index in [4.69, 9.17) is 16.7 Å². The van der Waals surface area contributed by atoms with Gasteiger partial charge in [-0.3, -0.25) is 9.59 Å². The molecule has 158 valence electrons. The van der Waals surface area contributed by atoms with Gasteiger partial charge >= 0.3 is 0 Å². The summed E-state index contributed by atoms with van der Waals surface area (Å²) in [6.45, 7) is 12.6. The Labute approximate surface area is 178 Å². The molecule has 2 aromatic rings. The first-order chi connectivity index (χ1) is 13.5. The number of nitrogens with one attached hydrogen (secondary N) is 1. The van der Waals surface area contributed by atoms with E-state index >= 15 is 0 Å². The zero-order valence-electron chi connectivity index (χ0n) is 18.1. The highest BCUT2D eigenvalue weighted by Gasteiger charge is 2.23. The summed E-state index contributed by atoms with van der Waals surface area (Å²) in [7, 11) is 0.